The third-order valence-electron chi connectivity index (χ3n) is 8.37. The van der Waals surface area contributed by atoms with Gasteiger partial charge in [-0.3, -0.25) is 4.79 Å². The van der Waals surface area contributed by atoms with Crippen LogP contribution in [0.5, 0.6) is 5.75 Å². The molecule has 0 amide bonds. The minimum Gasteiger partial charge on any atom is -0.497 e. The first-order valence-corrected chi connectivity index (χ1v) is 13.9. The summed E-state index contributed by atoms with van der Waals surface area (Å²) < 4.78 is 33.5. The van der Waals surface area contributed by atoms with Gasteiger partial charge >= 0.3 is 0 Å². The predicted molar refractivity (Wildman–Crippen MR) is 139 cm³/mol. The second-order valence-electron chi connectivity index (χ2n) is 11.2. The van der Waals surface area contributed by atoms with Crippen molar-refractivity contribution in [2.75, 3.05) is 13.7 Å². The molecule has 3 heterocycles. The SMILES string of the molecule is COc1ccc(C2=COC3CC(OC4OC(COC5OC(C)C(O)C(O)C5O)C(O)C(O)C4O)CC(O)C3C2=O)cc1. The van der Waals surface area contributed by atoms with Crippen LogP contribution in [0.1, 0.15) is 25.3 Å². The molecule has 0 radical (unpaired) electrons. The largest absolute Gasteiger partial charge is 0.497 e. The molecule has 3 fully saturated rings. The van der Waals surface area contributed by atoms with E-state index < -0.39 is 92.2 Å². The molecular formula is C28H38O14. The number of aliphatic hydroxyl groups excluding tert-OH is 7. The van der Waals surface area contributed by atoms with Gasteiger partial charge in [0.1, 0.15) is 54.6 Å². The molecule has 0 bridgehead atoms. The Kier molecular flexibility index (Phi) is 9.51. The average Bonchev–Trinajstić information content (AvgIpc) is 2.98. The van der Waals surface area contributed by atoms with Gasteiger partial charge in [0.15, 0.2) is 18.4 Å². The van der Waals surface area contributed by atoms with E-state index in [1.54, 1.807) is 24.3 Å². The first-order valence-electron chi connectivity index (χ1n) is 13.9. The molecular weight excluding hydrogens is 560 g/mol. The van der Waals surface area contributed by atoms with Gasteiger partial charge in [0.05, 0.1) is 49.8 Å². The molecule has 1 aliphatic carbocycles. The Hall–Kier alpha value is -2.21. The van der Waals surface area contributed by atoms with Crippen LogP contribution in [0, 0.1) is 5.92 Å². The van der Waals surface area contributed by atoms with Gasteiger partial charge in [-0.15, -0.1) is 0 Å². The van der Waals surface area contributed by atoms with Crippen LogP contribution in [-0.2, 0) is 28.5 Å². The fourth-order valence-corrected chi connectivity index (χ4v) is 5.83. The maximum atomic E-state index is 13.3. The first kappa shape index (κ1) is 31.2. The smallest absolute Gasteiger partial charge is 0.186 e. The van der Waals surface area contributed by atoms with Crippen LogP contribution in [0.3, 0.4) is 0 Å². The number of ether oxygens (including phenoxy) is 6. The highest BCUT2D eigenvalue weighted by molar-refractivity contribution is 6.22. The zero-order chi connectivity index (χ0) is 30.3. The number of methoxy groups -OCH3 is 1. The summed E-state index contributed by atoms with van der Waals surface area (Å²) in [5.74, 6) is -0.479. The van der Waals surface area contributed by atoms with Crippen LogP contribution in [-0.4, -0.2) is 135 Å². The van der Waals surface area contributed by atoms with Crippen LogP contribution in [0.4, 0.5) is 0 Å². The van der Waals surface area contributed by atoms with Gasteiger partial charge in [0.2, 0.25) is 0 Å². The maximum absolute atomic E-state index is 13.3. The van der Waals surface area contributed by atoms with Crippen molar-refractivity contribution >= 4 is 11.4 Å². The van der Waals surface area contributed by atoms with Crippen molar-refractivity contribution in [1.29, 1.82) is 0 Å². The van der Waals surface area contributed by atoms with Crippen LogP contribution in [0.2, 0.25) is 0 Å². The van der Waals surface area contributed by atoms with Crippen molar-refractivity contribution < 1.29 is 69.0 Å². The second-order valence-corrected chi connectivity index (χ2v) is 11.2. The molecule has 14 heteroatoms. The Labute approximate surface area is 241 Å². The number of ketones is 1. The summed E-state index contributed by atoms with van der Waals surface area (Å²) in [4.78, 5) is 13.3. The fraction of sp³-hybridized carbons (Fsp3) is 0.679. The first-order chi connectivity index (χ1) is 20.0. The number of fused-ring (bicyclic) bond motifs is 1. The predicted octanol–water partition coefficient (Wildman–Crippen LogP) is -2.19. The Morgan fingerprint density at radius 3 is 2.19 bits per heavy atom. The van der Waals surface area contributed by atoms with Crippen LogP contribution in [0.15, 0.2) is 30.5 Å². The molecule has 14 nitrogen and oxygen atoms in total. The molecule has 1 aromatic carbocycles. The third-order valence-corrected chi connectivity index (χ3v) is 8.37. The molecule has 14 atom stereocenters. The van der Waals surface area contributed by atoms with Gasteiger partial charge in [-0.1, -0.05) is 12.1 Å². The van der Waals surface area contributed by atoms with Gasteiger partial charge in [-0.05, 0) is 24.6 Å². The quantitative estimate of drug-likeness (QED) is 0.178. The van der Waals surface area contributed by atoms with Gasteiger partial charge in [0, 0.05) is 12.8 Å². The number of carbonyl (C=O) groups excluding carboxylic acids is 1. The van der Waals surface area contributed by atoms with Crippen molar-refractivity contribution in [1.82, 2.24) is 0 Å². The van der Waals surface area contributed by atoms with Crippen molar-refractivity contribution in [2.45, 2.75) is 99.5 Å². The topological polar surface area (TPSA) is 214 Å². The van der Waals surface area contributed by atoms with Gasteiger partial charge in [0.25, 0.3) is 0 Å². The van der Waals surface area contributed by atoms with Gasteiger partial charge in [-0.25, -0.2) is 0 Å². The Bertz CT molecular complexity index is 1110. The third kappa shape index (κ3) is 6.07. The fourth-order valence-electron chi connectivity index (χ4n) is 5.83. The van der Waals surface area contributed by atoms with Crippen molar-refractivity contribution in [3.63, 3.8) is 0 Å². The minimum absolute atomic E-state index is 0.0127. The molecule has 3 aliphatic heterocycles. The summed E-state index contributed by atoms with van der Waals surface area (Å²) in [6.07, 6.45) is -15.3. The van der Waals surface area contributed by atoms with Crippen LogP contribution >= 0.6 is 0 Å². The van der Waals surface area contributed by atoms with E-state index in [1.165, 1.54) is 20.3 Å². The number of allylic oxidation sites excluding steroid dienone is 1. The maximum Gasteiger partial charge on any atom is 0.186 e. The molecule has 1 aromatic rings. The highest BCUT2D eigenvalue weighted by Gasteiger charge is 2.50. The molecule has 234 valence electrons. The molecule has 42 heavy (non-hydrogen) atoms. The standard InChI is InChI=1S/C28H38O14/c1-11-20(30)23(33)25(35)27(40-11)39-10-18-22(32)24(34)26(36)28(42-18)41-14-7-16(29)19-17(8-14)38-9-15(21(19)31)12-3-5-13(37-2)6-4-12/h3-6,9,11,14,16-20,22-30,32-36H,7-8,10H2,1-2H3. The van der Waals surface area contributed by atoms with E-state index in [9.17, 15) is 40.5 Å². The van der Waals surface area contributed by atoms with E-state index in [2.05, 4.69) is 0 Å². The van der Waals surface area contributed by atoms with E-state index in [-0.39, 0.29) is 18.6 Å². The monoisotopic (exact) mass is 598 g/mol. The summed E-state index contributed by atoms with van der Waals surface area (Å²) in [6.45, 7) is 1.05. The zero-order valence-electron chi connectivity index (χ0n) is 23.1. The van der Waals surface area contributed by atoms with Crippen molar-refractivity contribution in [3.8, 4) is 5.75 Å². The van der Waals surface area contributed by atoms with E-state index in [0.29, 0.717) is 16.9 Å². The van der Waals surface area contributed by atoms with Gasteiger partial charge < -0.3 is 64.2 Å². The summed E-state index contributed by atoms with van der Waals surface area (Å²) in [5, 5.41) is 72.5. The lowest BCUT2D eigenvalue weighted by atomic mass is 9.76. The van der Waals surface area contributed by atoms with Crippen LogP contribution < -0.4 is 4.74 Å². The molecule has 7 N–H and O–H groups in total. The second kappa shape index (κ2) is 12.8. The van der Waals surface area contributed by atoms with Gasteiger partial charge in [-0.2, -0.15) is 0 Å². The molecule has 1 saturated carbocycles. The molecule has 2 saturated heterocycles. The number of rotatable bonds is 7. The highest BCUT2D eigenvalue weighted by atomic mass is 16.7. The van der Waals surface area contributed by atoms with E-state index in [4.69, 9.17) is 28.4 Å². The number of carbonyl (C=O) groups is 1. The normalized spacial score (nSPS) is 44.1. The Balaban J connectivity index is 1.21. The number of aliphatic hydroxyl groups is 7. The minimum atomic E-state index is -1.69. The zero-order valence-corrected chi connectivity index (χ0v) is 23.1. The Morgan fingerprint density at radius 2 is 1.50 bits per heavy atom. The van der Waals surface area contributed by atoms with E-state index >= 15 is 0 Å². The van der Waals surface area contributed by atoms with Crippen molar-refractivity contribution in [2.24, 2.45) is 5.92 Å². The number of benzene rings is 1. The molecule has 0 aromatic heterocycles. The van der Waals surface area contributed by atoms with E-state index in [0.717, 1.165) is 0 Å². The summed E-state index contributed by atoms with van der Waals surface area (Å²) in [6, 6.07) is 6.88. The molecule has 5 rings (SSSR count). The Morgan fingerprint density at radius 1 is 0.833 bits per heavy atom. The number of Topliss-reactive ketones (excluding diaryl/α,β-unsaturated/α-hetero) is 1. The number of hydrogen-bond acceptors (Lipinski definition) is 14. The lowest BCUT2D eigenvalue weighted by Crippen LogP contribution is -2.61. The molecule has 14 unspecified atom stereocenters. The lowest BCUT2D eigenvalue weighted by Gasteiger charge is -2.45. The molecule has 0 spiro atoms. The van der Waals surface area contributed by atoms with Crippen LogP contribution in [0.25, 0.3) is 5.57 Å². The lowest BCUT2D eigenvalue weighted by molar-refractivity contribution is -0.336. The number of hydrogen-bond donors (Lipinski definition) is 7. The van der Waals surface area contributed by atoms with Crippen molar-refractivity contribution in [3.05, 3.63) is 36.1 Å². The summed E-state index contributed by atoms with van der Waals surface area (Å²) in [5.41, 5.74) is 0.947. The highest BCUT2D eigenvalue weighted by Crippen LogP contribution is 2.39. The summed E-state index contributed by atoms with van der Waals surface area (Å²) >= 11 is 0. The molecule has 4 aliphatic rings. The summed E-state index contributed by atoms with van der Waals surface area (Å²) in [7, 11) is 1.54. The average molecular weight is 599 g/mol. The van der Waals surface area contributed by atoms with E-state index in [1.807, 2.05) is 0 Å².